The second kappa shape index (κ2) is 17.6. The summed E-state index contributed by atoms with van der Waals surface area (Å²) in [6.07, 6.45) is 18.0. The van der Waals surface area contributed by atoms with Crippen LogP contribution in [0, 0.1) is 6.92 Å². The molecule has 1 heterocycles. The Hall–Kier alpha value is -2.86. The van der Waals surface area contributed by atoms with Gasteiger partial charge in [0.25, 0.3) is 0 Å². The Morgan fingerprint density at radius 1 is 0.816 bits per heavy atom. The van der Waals surface area contributed by atoms with Crippen molar-refractivity contribution in [3.63, 3.8) is 0 Å². The van der Waals surface area contributed by atoms with E-state index in [4.69, 9.17) is 4.74 Å². The summed E-state index contributed by atoms with van der Waals surface area (Å²) >= 11 is 1.74. The highest BCUT2D eigenvalue weighted by atomic mass is 32.1. The van der Waals surface area contributed by atoms with Crippen molar-refractivity contribution in [1.29, 1.82) is 0 Å². The van der Waals surface area contributed by atoms with Gasteiger partial charge in [-0.2, -0.15) is 4.57 Å². The molecule has 2 amide bonds. The molecular formula is C32H46N3O2S+. The molecule has 0 atom stereocenters. The monoisotopic (exact) mass is 536 g/mol. The molecule has 0 spiro atoms. The van der Waals surface area contributed by atoms with E-state index in [0.29, 0.717) is 18.0 Å². The van der Waals surface area contributed by atoms with Crippen LogP contribution in [0.25, 0.3) is 0 Å². The number of benzene rings is 2. The normalized spacial score (nSPS) is 10.9. The molecule has 0 fully saturated rings. The van der Waals surface area contributed by atoms with E-state index in [1.54, 1.807) is 11.3 Å². The van der Waals surface area contributed by atoms with Crippen LogP contribution in [0.5, 0.6) is 5.75 Å². The lowest BCUT2D eigenvalue weighted by Crippen LogP contribution is -2.30. The van der Waals surface area contributed by atoms with E-state index in [-0.39, 0.29) is 6.03 Å². The Balaban J connectivity index is 1.30. The molecule has 0 saturated heterocycles. The average Bonchev–Trinajstić information content (AvgIpc) is 3.33. The van der Waals surface area contributed by atoms with Gasteiger partial charge in [-0.1, -0.05) is 113 Å². The quantitative estimate of drug-likeness (QED) is 0.126. The molecule has 2 aromatic carbocycles. The van der Waals surface area contributed by atoms with Gasteiger partial charge in [0.1, 0.15) is 5.75 Å². The number of hydrogen-bond donors (Lipinski definition) is 2. The maximum atomic E-state index is 12.6. The fourth-order valence-electron chi connectivity index (χ4n) is 4.54. The zero-order valence-electron chi connectivity index (χ0n) is 23.3. The van der Waals surface area contributed by atoms with Gasteiger partial charge in [0.15, 0.2) is 12.7 Å². The van der Waals surface area contributed by atoms with Crippen molar-refractivity contribution < 1.29 is 14.1 Å². The van der Waals surface area contributed by atoms with Crippen LogP contribution < -0.4 is 19.9 Å². The number of hydrogen-bond acceptors (Lipinski definition) is 3. The first kappa shape index (κ1) is 29.7. The fraction of sp³-hybridized carbons (Fsp3) is 0.500. The lowest BCUT2D eigenvalue weighted by molar-refractivity contribution is -0.683. The van der Waals surface area contributed by atoms with E-state index < -0.39 is 0 Å². The molecule has 206 valence electrons. The molecule has 5 nitrogen and oxygen atoms in total. The molecule has 0 bridgehead atoms. The van der Waals surface area contributed by atoms with Crippen LogP contribution >= 0.6 is 11.3 Å². The number of ether oxygens (including phenoxy) is 1. The third kappa shape index (κ3) is 11.7. The van der Waals surface area contributed by atoms with Gasteiger partial charge < -0.3 is 15.4 Å². The number of thiazole rings is 1. The average molecular weight is 537 g/mol. The smallest absolute Gasteiger partial charge is 0.323 e. The fourth-order valence-corrected chi connectivity index (χ4v) is 5.17. The maximum Gasteiger partial charge on any atom is 0.323 e. The number of aryl methyl sites for hydroxylation is 1. The first-order chi connectivity index (χ1) is 18.6. The van der Waals surface area contributed by atoms with Gasteiger partial charge in [-0.3, -0.25) is 0 Å². The molecule has 38 heavy (non-hydrogen) atoms. The second-order valence-electron chi connectivity index (χ2n) is 10.1. The number of urea groups is 1. The van der Waals surface area contributed by atoms with Crippen LogP contribution in [0.2, 0.25) is 0 Å². The Labute approximate surface area is 233 Å². The largest absolute Gasteiger partial charge is 0.491 e. The van der Waals surface area contributed by atoms with Crippen molar-refractivity contribution in [3.8, 4) is 5.75 Å². The number of nitrogens with zero attached hydrogens (tertiary/aromatic N) is 1. The first-order valence-corrected chi connectivity index (χ1v) is 15.3. The van der Waals surface area contributed by atoms with Crippen molar-refractivity contribution in [2.24, 2.45) is 0 Å². The Morgan fingerprint density at radius 3 is 2.08 bits per heavy atom. The number of rotatable bonds is 18. The lowest BCUT2D eigenvalue weighted by atomic mass is 10.1. The van der Waals surface area contributed by atoms with Gasteiger partial charge in [0, 0.05) is 11.3 Å². The van der Waals surface area contributed by atoms with Crippen molar-refractivity contribution in [1.82, 2.24) is 0 Å². The molecule has 0 saturated carbocycles. The molecule has 1 aromatic heterocycles. The van der Waals surface area contributed by atoms with Gasteiger partial charge in [-0.15, -0.1) is 0 Å². The summed E-state index contributed by atoms with van der Waals surface area (Å²) in [4.78, 5) is 13.9. The van der Waals surface area contributed by atoms with Crippen molar-refractivity contribution in [3.05, 3.63) is 70.7 Å². The molecule has 3 aromatic rings. The van der Waals surface area contributed by atoms with Gasteiger partial charge in [0.2, 0.25) is 5.51 Å². The number of para-hydroxylation sites is 2. The molecule has 0 aliphatic carbocycles. The lowest BCUT2D eigenvalue weighted by Gasteiger charge is -2.13. The molecular weight excluding hydrogens is 490 g/mol. The number of nitrogens with one attached hydrogen (secondary N) is 2. The number of anilines is 2. The summed E-state index contributed by atoms with van der Waals surface area (Å²) < 4.78 is 8.18. The summed E-state index contributed by atoms with van der Waals surface area (Å²) in [5.74, 6) is 0.712. The molecule has 6 heteroatoms. The SMILES string of the molecule is CCCCCCCCCCCCCCOc1ccccc1NC(=O)Nc1ccc(C[n+]2csc(C)c2)cc1. The number of carbonyl (C=O) groups excluding carboxylic acids is 1. The third-order valence-electron chi connectivity index (χ3n) is 6.69. The van der Waals surface area contributed by atoms with Crippen LogP contribution in [0.1, 0.15) is 94.4 Å². The van der Waals surface area contributed by atoms with Crippen molar-refractivity contribution in [2.75, 3.05) is 17.2 Å². The van der Waals surface area contributed by atoms with Crippen LogP contribution in [0.15, 0.2) is 60.2 Å². The molecule has 0 aliphatic heterocycles. The minimum Gasteiger partial charge on any atom is -0.491 e. The number of carbonyl (C=O) groups is 1. The summed E-state index contributed by atoms with van der Waals surface area (Å²) in [6.45, 7) is 5.87. The molecule has 0 unspecified atom stereocenters. The van der Waals surface area contributed by atoms with E-state index in [0.717, 1.165) is 18.7 Å². The molecule has 3 rings (SSSR count). The van der Waals surface area contributed by atoms with Gasteiger partial charge >= 0.3 is 6.03 Å². The first-order valence-electron chi connectivity index (χ1n) is 14.5. The summed E-state index contributed by atoms with van der Waals surface area (Å²) in [5.41, 5.74) is 4.75. The third-order valence-corrected chi connectivity index (χ3v) is 7.54. The Kier molecular flexibility index (Phi) is 13.8. The number of amides is 2. The second-order valence-corrected chi connectivity index (χ2v) is 11.2. The summed E-state index contributed by atoms with van der Waals surface area (Å²) in [6, 6.07) is 15.3. The van der Waals surface area contributed by atoms with E-state index in [1.165, 1.54) is 81.1 Å². The zero-order valence-corrected chi connectivity index (χ0v) is 24.2. The molecule has 2 N–H and O–H groups in total. The zero-order chi connectivity index (χ0) is 26.8. The Bertz CT molecular complexity index is 1060. The number of unbranched alkanes of at least 4 members (excludes halogenated alkanes) is 11. The van der Waals surface area contributed by atoms with E-state index in [1.807, 2.05) is 48.5 Å². The van der Waals surface area contributed by atoms with Crippen LogP contribution in [0.4, 0.5) is 16.2 Å². The predicted octanol–water partition coefficient (Wildman–Crippen LogP) is 9.12. The van der Waals surface area contributed by atoms with Crippen LogP contribution in [-0.4, -0.2) is 12.6 Å². The highest BCUT2D eigenvalue weighted by molar-refractivity contribution is 7.09. The summed E-state index contributed by atoms with van der Waals surface area (Å²) in [7, 11) is 0. The van der Waals surface area contributed by atoms with Crippen LogP contribution in [0.3, 0.4) is 0 Å². The van der Waals surface area contributed by atoms with E-state index in [2.05, 4.69) is 40.8 Å². The maximum absolute atomic E-state index is 12.6. The topological polar surface area (TPSA) is 54.2 Å². The van der Waals surface area contributed by atoms with Gasteiger partial charge in [-0.05, 0) is 37.6 Å². The standard InChI is InChI=1S/C32H45N3O2S/c1-3-4-5-6-7-8-9-10-11-12-13-16-23-37-31-18-15-14-17-30(31)34-32(36)33-29-21-19-28(20-22-29)25-35-24-27(2)38-26-35/h14-15,17-22,24,26H,3-13,16,23,25H2,1-2H3,(H-,33,34,36)/p+1. The molecule has 0 aliphatic rings. The van der Waals surface area contributed by atoms with Crippen molar-refractivity contribution in [2.45, 2.75) is 97.4 Å². The molecule has 0 radical (unpaired) electrons. The minimum absolute atomic E-state index is 0.276. The van der Waals surface area contributed by atoms with Gasteiger partial charge in [0.05, 0.1) is 17.2 Å². The highest BCUT2D eigenvalue weighted by Gasteiger charge is 2.09. The van der Waals surface area contributed by atoms with Gasteiger partial charge in [-0.25, -0.2) is 4.79 Å². The van der Waals surface area contributed by atoms with E-state index >= 15 is 0 Å². The summed E-state index contributed by atoms with van der Waals surface area (Å²) in [5, 5.41) is 5.85. The highest BCUT2D eigenvalue weighted by Crippen LogP contribution is 2.24. The number of aromatic nitrogens is 1. The van der Waals surface area contributed by atoms with Crippen LogP contribution in [-0.2, 0) is 6.54 Å². The van der Waals surface area contributed by atoms with Crippen molar-refractivity contribution >= 4 is 28.7 Å². The minimum atomic E-state index is -0.276. The Morgan fingerprint density at radius 2 is 1.45 bits per heavy atom. The predicted molar refractivity (Wildman–Crippen MR) is 160 cm³/mol. The van der Waals surface area contributed by atoms with E-state index in [9.17, 15) is 4.79 Å².